The Kier molecular flexibility index (Phi) is 6.74. The summed E-state index contributed by atoms with van der Waals surface area (Å²) in [6.07, 6.45) is 1.66. The average Bonchev–Trinajstić information content (AvgIpc) is 3.18. The Morgan fingerprint density at radius 3 is 2.56 bits per heavy atom. The smallest absolute Gasteiger partial charge is 0.174 e. The van der Waals surface area contributed by atoms with Crippen LogP contribution in [0.5, 0.6) is 5.75 Å². The summed E-state index contributed by atoms with van der Waals surface area (Å²) in [6.45, 7) is 3.73. The highest BCUT2D eigenvalue weighted by Crippen LogP contribution is 2.25. The first-order valence-corrected chi connectivity index (χ1v) is 9.49. The normalized spacial score (nSPS) is 10.4. The molecular formula is C21H21ClN2O2S. The number of hydrogen-bond donors (Lipinski definition) is 1. The van der Waals surface area contributed by atoms with E-state index in [0.717, 1.165) is 22.8 Å². The van der Waals surface area contributed by atoms with Crippen LogP contribution in [0.4, 0.5) is 5.69 Å². The Bertz CT molecular complexity index is 866. The standard InChI is InChI=1S/C21H21ClN2O2S/c1-2-25-20-8-4-3-7-19(20)23-21(27)24(15-18-6-5-13-26-18)14-16-9-11-17(22)12-10-16/h3-13H,2,14-15H2,1H3,(H,23,27). The molecule has 0 radical (unpaired) electrons. The summed E-state index contributed by atoms with van der Waals surface area (Å²) in [5.74, 6) is 1.61. The number of anilines is 1. The van der Waals surface area contributed by atoms with Crippen LogP contribution in [-0.2, 0) is 13.1 Å². The molecule has 27 heavy (non-hydrogen) atoms. The van der Waals surface area contributed by atoms with Gasteiger partial charge in [0, 0.05) is 11.6 Å². The molecule has 0 aliphatic rings. The molecule has 1 aromatic heterocycles. The molecule has 3 rings (SSSR count). The van der Waals surface area contributed by atoms with Crippen molar-refractivity contribution in [1.29, 1.82) is 0 Å². The van der Waals surface area contributed by atoms with Gasteiger partial charge in [-0.2, -0.15) is 0 Å². The minimum Gasteiger partial charge on any atom is -0.492 e. The van der Waals surface area contributed by atoms with E-state index in [4.69, 9.17) is 33.0 Å². The van der Waals surface area contributed by atoms with Gasteiger partial charge in [0.15, 0.2) is 5.11 Å². The van der Waals surface area contributed by atoms with Crippen molar-refractivity contribution >= 4 is 34.6 Å². The van der Waals surface area contributed by atoms with Crippen molar-refractivity contribution in [2.24, 2.45) is 0 Å². The van der Waals surface area contributed by atoms with Gasteiger partial charge in [0.2, 0.25) is 0 Å². The third kappa shape index (κ3) is 5.49. The predicted octanol–water partition coefficient (Wildman–Crippen LogP) is 5.73. The first-order chi connectivity index (χ1) is 13.2. The van der Waals surface area contributed by atoms with E-state index in [0.29, 0.717) is 29.8 Å². The number of benzene rings is 2. The molecule has 4 nitrogen and oxygen atoms in total. The van der Waals surface area contributed by atoms with Crippen molar-refractivity contribution in [2.75, 3.05) is 11.9 Å². The maximum absolute atomic E-state index is 6.00. The van der Waals surface area contributed by atoms with Gasteiger partial charge in [-0.15, -0.1) is 0 Å². The van der Waals surface area contributed by atoms with Crippen LogP contribution in [0.15, 0.2) is 71.3 Å². The van der Waals surface area contributed by atoms with Crippen LogP contribution in [-0.4, -0.2) is 16.6 Å². The molecule has 0 aliphatic carbocycles. The fourth-order valence-electron chi connectivity index (χ4n) is 2.65. The summed E-state index contributed by atoms with van der Waals surface area (Å²) in [5, 5.41) is 4.61. The van der Waals surface area contributed by atoms with E-state index in [-0.39, 0.29) is 0 Å². The summed E-state index contributed by atoms with van der Waals surface area (Å²) in [7, 11) is 0. The van der Waals surface area contributed by atoms with Gasteiger partial charge in [-0.1, -0.05) is 35.9 Å². The fraction of sp³-hybridized carbons (Fsp3) is 0.190. The topological polar surface area (TPSA) is 37.6 Å². The largest absolute Gasteiger partial charge is 0.492 e. The SMILES string of the molecule is CCOc1ccccc1NC(=S)N(Cc1ccc(Cl)cc1)Cc1ccco1. The zero-order valence-corrected chi connectivity index (χ0v) is 16.6. The van der Waals surface area contributed by atoms with Gasteiger partial charge in [0.05, 0.1) is 25.1 Å². The summed E-state index contributed by atoms with van der Waals surface area (Å²) >= 11 is 11.7. The summed E-state index contributed by atoms with van der Waals surface area (Å²) < 4.78 is 11.2. The van der Waals surface area contributed by atoms with E-state index in [1.165, 1.54) is 0 Å². The number of nitrogens with one attached hydrogen (secondary N) is 1. The number of thiocarbonyl (C=S) groups is 1. The molecule has 0 amide bonds. The molecule has 140 valence electrons. The maximum Gasteiger partial charge on any atom is 0.174 e. The van der Waals surface area contributed by atoms with Crippen molar-refractivity contribution in [3.63, 3.8) is 0 Å². The average molecular weight is 401 g/mol. The third-order valence-corrected chi connectivity index (χ3v) is 4.54. The van der Waals surface area contributed by atoms with Crippen LogP contribution in [0, 0.1) is 0 Å². The second-order valence-corrected chi connectivity index (χ2v) is 6.74. The quantitative estimate of drug-likeness (QED) is 0.512. The molecule has 0 spiro atoms. The summed E-state index contributed by atoms with van der Waals surface area (Å²) in [4.78, 5) is 2.04. The minimum atomic E-state index is 0.554. The molecule has 0 bridgehead atoms. The Morgan fingerprint density at radius 1 is 1.07 bits per heavy atom. The zero-order valence-electron chi connectivity index (χ0n) is 15.0. The molecular weight excluding hydrogens is 380 g/mol. The fourth-order valence-corrected chi connectivity index (χ4v) is 3.01. The number of rotatable bonds is 7. The van der Waals surface area contributed by atoms with Gasteiger partial charge in [0.25, 0.3) is 0 Å². The van der Waals surface area contributed by atoms with E-state index in [9.17, 15) is 0 Å². The van der Waals surface area contributed by atoms with Crippen LogP contribution in [0.2, 0.25) is 5.02 Å². The highest BCUT2D eigenvalue weighted by molar-refractivity contribution is 7.80. The van der Waals surface area contributed by atoms with E-state index in [2.05, 4.69) is 5.32 Å². The number of para-hydroxylation sites is 2. The second-order valence-electron chi connectivity index (χ2n) is 5.92. The molecule has 0 saturated carbocycles. The van der Waals surface area contributed by atoms with Gasteiger partial charge in [-0.25, -0.2) is 0 Å². The lowest BCUT2D eigenvalue weighted by Crippen LogP contribution is -2.33. The van der Waals surface area contributed by atoms with Crippen molar-refractivity contribution in [3.05, 3.63) is 83.3 Å². The van der Waals surface area contributed by atoms with E-state index in [1.54, 1.807) is 6.26 Å². The maximum atomic E-state index is 6.00. The van der Waals surface area contributed by atoms with Crippen molar-refractivity contribution in [2.45, 2.75) is 20.0 Å². The Morgan fingerprint density at radius 2 is 1.85 bits per heavy atom. The molecule has 0 unspecified atom stereocenters. The van der Waals surface area contributed by atoms with Crippen LogP contribution < -0.4 is 10.1 Å². The number of nitrogens with zero attached hydrogens (tertiary/aromatic N) is 1. The molecule has 0 atom stereocenters. The van der Waals surface area contributed by atoms with Crippen LogP contribution in [0.25, 0.3) is 0 Å². The summed E-state index contributed by atoms with van der Waals surface area (Å²) in [6, 6.07) is 19.3. The number of ether oxygens (including phenoxy) is 1. The van der Waals surface area contributed by atoms with E-state index < -0.39 is 0 Å². The number of halogens is 1. The molecule has 6 heteroatoms. The van der Waals surface area contributed by atoms with E-state index >= 15 is 0 Å². The van der Waals surface area contributed by atoms with Gasteiger partial charge < -0.3 is 19.4 Å². The molecule has 0 fully saturated rings. The highest BCUT2D eigenvalue weighted by atomic mass is 35.5. The van der Waals surface area contributed by atoms with Crippen LogP contribution >= 0.6 is 23.8 Å². The van der Waals surface area contributed by atoms with Crippen molar-refractivity contribution in [3.8, 4) is 5.75 Å². The monoisotopic (exact) mass is 400 g/mol. The molecule has 3 aromatic rings. The molecule has 2 aromatic carbocycles. The molecule has 0 saturated heterocycles. The lowest BCUT2D eigenvalue weighted by atomic mass is 10.2. The first kappa shape index (κ1) is 19.3. The lowest BCUT2D eigenvalue weighted by Gasteiger charge is -2.26. The van der Waals surface area contributed by atoms with Crippen LogP contribution in [0.1, 0.15) is 18.2 Å². The minimum absolute atomic E-state index is 0.554. The van der Waals surface area contributed by atoms with E-state index in [1.807, 2.05) is 72.5 Å². The van der Waals surface area contributed by atoms with Gasteiger partial charge in [-0.3, -0.25) is 0 Å². The number of furan rings is 1. The predicted molar refractivity (Wildman–Crippen MR) is 113 cm³/mol. The molecule has 1 heterocycles. The Labute approximate surface area is 169 Å². The summed E-state index contributed by atoms with van der Waals surface area (Å²) in [5.41, 5.74) is 1.94. The highest BCUT2D eigenvalue weighted by Gasteiger charge is 2.15. The van der Waals surface area contributed by atoms with Gasteiger partial charge in [0.1, 0.15) is 11.5 Å². The second kappa shape index (κ2) is 9.44. The van der Waals surface area contributed by atoms with Crippen molar-refractivity contribution < 1.29 is 9.15 Å². The molecule has 0 aliphatic heterocycles. The van der Waals surface area contributed by atoms with Gasteiger partial charge in [-0.05, 0) is 61.1 Å². The number of hydrogen-bond acceptors (Lipinski definition) is 3. The van der Waals surface area contributed by atoms with Gasteiger partial charge >= 0.3 is 0 Å². The van der Waals surface area contributed by atoms with Crippen molar-refractivity contribution in [1.82, 2.24) is 4.90 Å². The Balaban J connectivity index is 1.78. The third-order valence-electron chi connectivity index (χ3n) is 3.93. The lowest BCUT2D eigenvalue weighted by molar-refractivity contribution is 0.341. The molecule has 1 N–H and O–H groups in total. The zero-order chi connectivity index (χ0) is 19.1. The van der Waals surface area contributed by atoms with Crippen LogP contribution in [0.3, 0.4) is 0 Å². The Hall–Kier alpha value is -2.50. The first-order valence-electron chi connectivity index (χ1n) is 8.70.